The lowest BCUT2D eigenvalue weighted by Crippen LogP contribution is -2.62. The molecular formula is C10H10F3NS. The zero-order valence-corrected chi connectivity index (χ0v) is 9.00. The third kappa shape index (κ3) is 1.19. The minimum absolute atomic E-state index is 0.0168. The molecule has 15 heavy (non-hydrogen) atoms. The van der Waals surface area contributed by atoms with E-state index in [1.165, 1.54) is 0 Å². The van der Waals surface area contributed by atoms with Gasteiger partial charge in [-0.05, 0) is 24.7 Å². The van der Waals surface area contributed by atoms with Crippen LogP contribution < -0.4 is 0 Å². The first-order chi connectivity index (χ1) is 6.83. The molecule has 0 spiro atoms. The molecule has 3 aliphatic rings. The standard InChI is InChI=1S/C10H10F3NS/c1-8-3-9(4-8,5-8)7-14-6(2-15-7)10(11,12)13/h2H,3-5H2,1H3. The number of alkyl halides is 3. The molecule has 82 valence electrons. The number of halogens is 3. The molecule has 0 radical (unpaired) electrons. The summed E-state index contributed by atoms with van der Waals surface area (Å²) in [4.78, 5) is 3.74. The average molecular weight is 233 g/mol. The van der Waals surface area contributed by atoms with Gasteiger partial charge in [-0.25, -0.2) is 4.98 Å². The summed E-state index contributed by atoms with van der Waals surface area (Å²) in [6, 6.07) is 0. The Morgan fingerprint density at radius 3 is 2.33 bits per heavy atom. The highest BCUT2D eigenvalue weighted by Crippen LogP contribution is 2.73. The van der Waals surface area contributed by atoms with Crippen LogP contribution in [0.5, 0.6) is 0 Å². The van der Waals surface area contributed by atoms with Crippen molar-refractivity contribution in [3.8, 4) is 0 Å². The molecule has 0 unspecified atom stereocenters. The van der Waals surface area contributed by atoms with Crippen molar-refractivity contribution in [3.05, 3.63) is 16.1 Å². The molecule has 0 amide bonds. The first kappa shape index (κ1) is 9.63. The monoisotopic (exact) mass is 233 g/mol. The van der Waals surface area contributed by atoms with Crippen molar-refractivity contribution in [1.29, 1.82) is 0 Å². The predicted molar refractivity (Wildman–Crippen MR) is 50.8 cm³/mol. The molecule has 4 rings (SSSR count). The zero-order chi connectivity index (χ0) is 10.9. The lowest BCUT2D eigenvalue weighted by Gasteiger charge is -2.68. The smallest absolute Gasteiger partial charge is 0.236 e. The highest BCUT2D eigenvalue weighted by molar-refractivity contribution is 7.09. The van der Waals surface area contributed by atoms with Crippen molar-refractivity contribution >= 4 is 11.3 Å². The van der Waals surface area contributed by atoms with Crippen LogP contribution in [-0.4, -0.2) is 4.98 Å². The molecule has 3 aliphatic carbocycles. The Labute approximate surface area is 89.3 Å². The summed E-state index contributed by atoms with van der Waals surface area (Å²) in [5.41, 5.74) is -0.301. The van der Waals surface area contributed by atoms with Crippen LogP contribution in [0.3, 0.4) is 0 Å². The summed E-state index contributed by atoms with van der Waals surface area (Å²) in [5.74, 6) is 0. The summed E-state index contributed by atoms with van der Waals surface area (Å²) in [5, 5.41) is 1.83. The number of nitrogens with zero attached hydrogens (tertiary/aromatic N) is 1. The van der Waals surface area contributed by atoms with E-state index in [1.807, 2.05) is 0 Å². The van der Waals surface area contributed by atoms with Gasteiger partial charge in [0.15, 0.2) is 5.69 Å². The molecule has 3 saturated carbocycles. The SMILES string of the molecule is CC12CC(c3nc(C(F)(F)F)cs3)(C1)C2. The van der Waals surface area contributed by atoms with E-state index in [1.54, 1.807) is 0 Å². The average Bonchev–Trinajstić information content (AvgIpc) is 2.43. The van der Waals surface area contributed by atoms with Gasteiger partial charge in [-0.15, -0.1) is 11.3 Å². The van der Waals surface area contributed by atoms with Gasteiger partial charge in [-0.1, -0.05) is 6.92 Å². The Bertz CT molecular complexity index is 401. The minimum atomic E-state index is -4.29. The van der Waals surface area contributed by atoms with E-state index < -0.39 is 11.9 Å². The maximum Gasteiger partial charge on any atom is 0.434 e. The number of hydrogen-bond acceptors (Lipinski definition) is 2. The van der Waals surface area contributed by atoms with Crippen LogP contribution in [0.25, 0.3) is 0 Å². The molecule has 0 aromatic carbocycles. The second-order valence-electron chi connectivity index (χ2n) is 5.16. The second kappa shape index (κ2) is 2.39. The van der Waals surface area contributed by atoms with E-state index >= 15 is 0 Å². The normalized spacial score (nSPS) is 38.4. The molecule has 0 N–H and O–H groups in total. The predicted octanol–water partition coefficient (Wildman–Crippen LogP) is 3.60. The molecule has 2 bridgehead atoms. The Balaban J connectivity index is 1.87. The van der Waals surface area contributed by atoms with Crippen molar-refractivity contribution in [3.63, 3.8) is 0 Å². The number of aromatic nitrogens is 1. The van der Waals surface area contributed by atoms with Crippen molar-refractivity contribution < 1.29 is 13.2 Å². The first-order valence-corrected chi connectivity index (χ1v) is 5.74. The fourth-order valence-corrected chi connectivity index (χ4v) is 4.20. The van der Waals surface area contributed by atoms with Crippen molar-refractivity contribution in [1.82, 2.24) is 4.98 Å². The van der Waals surface area contributed by atoms with E-state index in [2.05, 4.69) is 11.9 Å². The van der Waals surface area contributed by atoms with Gasteiger partial charge in [-0.3, -0.25) is 0 Å². The lowest BCUT2D eigenvalue weighted by molar-refractivity contribution is -0.143. The lowest BCUT2D eigenvalue weighted by atomic mass is 9.36. The Hall–Kier alpha value is -0.580. The topological polar surface area (TPSA) is 12.9 Å². The van der Waals surface area contributed by atoms with E-state index in [0.29, 0.717) is 10.4 Å². The Kier molecular flexibility index (Phi) is 1.54. The van der Waals surface area contributed by atoms with E-state index in [0.717, 1.165) is 36.0 Å². The highest BCUT2D eigenvalue weighted by Gasteiger charge is 2.67. The summed E-state index contributed by atoms with van der Waals surface area (Å²) in [6.07, 6.45) is -1.23. The van der Waals surface area contributed by atoms with Gasteiger partial charge in [0.2, 0.25) is 0 Å². The molecule has 0 saturated heterocycles. The van der Waals surface area contributed by atoms with Gasteiger partial charge >= 0.3 is 6.18 Å². The summed E-state index contributed by atoms with van der Waals surface area (Å²) < 4.78 is 37.0. The minimum Gasteiger partial charge on any atom is -0.236 e. The fourth-order valence-electron chi connectivity index (χ4n) is 3.17. The van der Waals surface area contributed by atoms with Crippen LogP contribution in [-0.2, 0) is 11.6 Å². The third-order valence-electron chi connectivity index (χ3n) is 3.54. The van der Waals surface area contributed by atoms with Gasteiger partial charge in [0.1, 0.15) is 0 Å². The van der Waals surface area contributed by atoms with Crippen LogP contribution >= 0.6 is 11.3 Å². The van der Waals surface area contributed by atoms with Crippen LogP contribution in [0, 0.1) is 5.41 Å². The summed E-state index contributed by atoms with van der Waals surface area (Å²) in [6.45, 7) is 2.19. The van der Waals surface area contributed by atoms with Crippen LogP contribution in [0.4, 0.5) is 13.2 Å². The van der Waals surface area contributed by atoms with Gasteiger partial charge in [0.25, 0.3) is 0 Å². The van der Waals surface area contributed by atoms with E-state index in [-0.39, 0.29) is 5.41 Å². The van der Waals surface area contributed by atoms with E-state index in [9.17, 15) is 13.2 Å². The molecule has 3 fully saturated rings. The molecule has 0 aliphatic heterocycles. The molecule has 1 aromatic heterocycles. The molecule has 1 heterocycles. The van der Waals surface area contributed by atoms with Crippen molar-refractivity contribution in [2.75, 3.05) is 0 Å². The van der Waals surface area contributed by atoms with Crippen LogP contribution in [0.1, 0.15) is 36.9 Å². The molecule has 1 aromatic rings. The Morgan fingerprint density at radius 2 is 1.93 bits per heavy atom. The molecule has 0 atom stereocenters. The van der Waals surface area contributed by atoms with Gasteiger partial charge in [-0.2, -0.15) is 13.2 Å². The maximum absolute atomic E-state index is 12.3. The van der Waals surface area contributed by atoms with Crippen molar-refractivity contribution in [2.24, 2.45) is 5.41 Å². The number of hydrogen-bond donors (Lipinski definition) is 0. The van der Waals surface area contributed by atoms with Crippen LogP contribution in [0.15, 0.2) is 5.38 Å². The second-order valence-corrected chi connectivity index (χ2v) is 6.02. The Morgan fingerprint density at radius 1 is 1.33 bits per heavy atom. The molecule has 5 heteroatoms. The summed E-state index contributed by atoms with van der Waals surface area (Å²) >= 11 is 1.16. The molecule has 1 nitrogen and oxygen atoms in total. The van der Waals surface area contributed by atoms with Gasteiger partial charge in [0, 0.05) is 10.8 Å². The zero-order valence-electron chi connectivity index (χ0n) is 8.19. The largest absolute Gasteiger partial charge is 0.434 e. The van der Waals surface area contributed by atoms with E-state index in [4.69, 9.17) is 0 Å². The number of rotatable bonds is 1. The summed E-state index contributed by atoms with van der Waals surface area (Å²) in [7, 11) is 0. The van der Waals surface area contributed by atoms with Crippen LogP contribution in [0.2, 0.25) is 0 Å². The quantitative estimate of drug-likeness (QED) is 0.722. The first-order valence-electron chi connectivity index (χ1n) is 4.86. The third-order valence-corrected chi connectivity index (χ3v) is 4.63. The highest BCUT2D eigenvalue weighted by atomic mass is 32.1. The van der Waals surface area contributed by atoms with Gasteiger partial charge in [0.05, 0.1) is 5.01 Å². The maximum atomic E-state index is 12.3. The molecular weight excluding hydrogens is 223 g/mol. The number of thiazole rings is 1. The van der Waals surface area contributed by atoms with Gasteiger partial charge < -0.3 is 0 Å². The fraction of sp³-hybridized carbons (Fsp3) is 0.700. The van der Waals surface area contributed by atoms with Crippen molar-refractivity contribution in [2.45, 2.75) is 37.8 Å².